The number of benzene rings is 1. The molecule has 0 radical (unpaired) electrons. The maximum atomic E-state index is 11.6. The van der Waals surface area contributed by atoms with Crippen molar-refractivity contribution in [1.82, 2.24) is 20.6 Å². The van der Waals surface area contributed by atoms with Gasteiger partial charge in [-0.15, -0.1) is 0 Å². The summed E-state index contributed by atoms with van der Waals surface area (Å²) in [6.07, 6.45) is 1.67. The van der Waals surface area contributed by atoms with Crippen molar-refractivity contribution in [3.05, 3.63) is 58.6 Å². The fourth-order valence-corrected chi connectivity index (χ4v) is 2.06. The SMILES string of the molecule is Cc1nccc(CNC(=O)NCCOCc2ccccc2Cl)n1. The van der Waals surface area contributed by atoms with E-state index in [4.69, 9.17) is 16.3 Å². The Morgan fingerprint density at radius 2 is 2.09 bits per heavy atom. The van der Waals surface area contributed by atoms with Gasteiger partial charge in [0.1, 0.15) is 5.82 Å². The van der Waals surface area contributed by atoms with Crippen LogP contribution in [0.15, 0.2) is 36.5 Å². The van der Waals surface area contributed by atoms with Gasteiger partial charge in [0, 0.05) is 17.8 Å². The van der Waals surface area contributed by atoms with Gasteiger partial charge in [0.05, 0.1) is 25.5 Å². The average Bonchev–Trinajstić information content (AvgIpc) is 2.54. The summed E-state index contributed by atoms with van der Waals surface area (Å²) in [7, 11) is 0. The predicted molar refractivity (Wildman–Crippen MR) is 88.1 cm³/mol. The third kappa shape index (κ3) is 6.22. The number of carbonyl (C=O) groups is 1. The molecule has 122 valence electrons. The van der Waals surface area contributed by atoms with Crippen molar-refractivity contribution in [1.29, 1.82) is 0 Å². The van der Waals surface area contributed by atoms with Crippen LogP contribution in [0.5, 0.6) is 0 Å². The number of aromatic nitrogens is 2. The second kappa shape index (κ2) is 9.07. The number of nitrogens with zero attached hydrogens (tertiary/aromatic N) is 2. The van der Waals surface area contributed by atoms with Gasteiger partial charge < -0.3 is 15.4 Å². The van der Waals surface area contributed by atoms with Gasteiger partial charge in [0.25, 0.3) is 0 Å². The van der Waals surface area contributed by atoms with Crippen LogP contribution in [-0.2, 0) is 17.9 Å². The first-order valence-electron chi connectivity index (χ1n) is 7.26. The Hall–Kier alpha value is -2.18. The maximum absolute atomic E-state index is 11.6. The molecule has 1 aromatic heterocycles. The highest BCUT2D eigenvalue weighted by molar-refractivity contribution is 6.31. The van der Waals surface area contributed by atoms with Gasteiger partial charge in [-0.05, 0) is 24.6 Å². The van der Waals surface area contributed by atoms with Gasteiger partial charge in [0.2, 0.25) is 0 Å². The summed E-state index contributed by atoms with van der Waals surface area (Å²) >= 11 is 6.03. The predicted octanol–water partition coefficient (Wildman–Crippen LogP) is 2.45. The van der Waals surface area contributed by atoms with Crippen molar-refractivity contribution in [2.24, 2.45) is 0 Å². The lowest BCUT2D eigenvalue weighted by Gasteiger charge is -2.09. The fourth-order valence-electron chi connectivity index (χ4n) is 1.87. The number of hydrogen-bond acceptors (Lipinski definition) is 4. The van der Waals surface area contributed by atoms with Gasteiger partial charge in [-0.3, -0.25) is 0 Å². The molecule has 0 bridgehead atoms. The molecule has 7 heteroatoms. The van der Waals surface area contributed by atoms with Crippen LogP contribution in [0.25, 0.3) is 0 Å². The van der Waals surface area contributed by atoms with Crippen LogP contribution in [0.2, 0.25) is 5.02 Å². The molecule has 1 aromatic carbocycles. The van der Waals surface area contributed by atoms with E-state index >= 15 is 0 Å². The molecule has 0 spiro atoms. The van der Waals surface area contributed by atoms with Crippen LogP contribution in [0.1, 0.15) is 17.1 Å². The van der Waals surface area contributed by atoms with Crippen LogP contribution < -0.4 is 10.6 Å². The van der Waals surface area contributed by atoms with Crippen LogP contribution in [0, 0.1) is 6.92 Å². The summed E-state index contributed by atoms with van der Waals surface area (Å²) in [5, 5.41) is 6.12. The molecule has 2 amide bonds. The molecule has 0 aliphatic carbocycles. The van der Waals surface area contributed by atoms with Gasteiger partial charge >= 0.3 is 6.03 Å². The van der Waals surface area contributed by atoms with Crippen molar-refractivity contribution in [2.75, 3.05) is 13.2 Å². The van der Waals surface area contributed by atoms with E-state index in [2.05, 4.69) is 20.6 Å². The Kier molecular flexibility index (Phi) is 6.77. The Labute approximate surface area is 140 Å². The molecular formula is C16H19ClN4O2. The summed E-state index contributed by atoms with van der Waals surface area (Å²) in [4.78, 5) is 19.9. The molecule has 1 heterocycles. The fraction of sp³-hybridized carbons (Fsp3) is 0.312. The van der Waals surface area contributed by atoms with Gasteiger partial charge in [-0.2, -0.15) is 0 Å². The first kappa shape index (κ1) is 17.2. The van der Waals surface area contributed by atoms with E-state index in [-0.39, 0.29) is 6.03 Å². The quantitative estimate of drug-likeness (QED) is 0.763. The van der Waals surface area contributed by atoms with E-state index in [0.717, 1.165) is 11.3 Å². The molecular weight excluding hydrogens is 316 g/mol. The van der Waals surface area contributed by atoms with Crippen LogP contribution in [0.3, 0.4) is 0 Å². The second-order valence-corrected chi connectivity index (χ2v) is 5.26. The van der Waals surface area contributed by atoms with Gasteiger partial charge in [-0.25, -0.2) is 14.8 Å². The minimum absolute atomic E-state index is 0.261. The van der Waals surface area contributed by atoms with E-state index in [1.807, 2.05) is 24.3 Å². The van der Waals surface area contributed by atoms with Crippen molar-refractivity contribution in [2.45, 2.75) is 20.1 Å². The summed E-state index contributed by atoms with van der Waals surface area (Å²) in [6, 6.07) is 9.01. The number of nitrogens with one attached hydrogen (secondary N) is 2. The van der Waals surface area contributed by atoms with Crippen molar-refractivity contribution < 1.29 is 9.53 Å². The van der Waals surface area contributed by atoms with Crippen LogP contribution >= 0.6 is 11.6 Å². The van der Waals surface area contributed by atoms with Gasteiger partial charge in [-0.1, -0.05) is 29.8 Å². The normalized spacial score (nSPS) is 10.3. The highest BCUT2D eigenvalue weighted by Crippen LogP contribution is 2.15. The summed E-state index contributed by atoms with van der Waals surface area (Å²) in [5.41, 5.74) is 1.69. The van der Waals surface area contributed by atoms with Crippen molar-refractivity contribution in [3.63, 3.8) is 0 Å². The number of carbonyl (C=O) groups excluding carboxylic acids is 1. The Morgan fingerprint density at radius 3 is 2.87 bits per heavy atom. The maximum Gasteiger partial charge on any atom is 0.315 e. The number of urea groups is 1. The van der Waals surface area contributed by atoms with E-state index in [1.54, 1.807) is 19.2 Å². The molecule has 0 unspecified atom stereocenters. The lowest BCUT2D eigenvalue weighted by Crippen LogP contribution is -2.37. The van der Waals surface area contributed by atoms with Crippen LogP contribution in [-0.4, -0.2) is 29.2 Å². The Morgan fingerprint density at radius 1 is 1.26 bits per heavy atom. The zero-order chi connectivity index (χ0) is 16.5. The molecule has 6 nitrogen and oxygen atoms in total. The molecule has 23 heavy (non-hydrogen) atoms. The number of hydrogen-bond donors (Lipinski definition) is 2. The number of aryl methyl sites for hydroxylation is 1. The highest BCUT2D eigenvalue weighted by Gasteiger charge is 2.02. The van der Waals surface area contributed by atoms with E-state index in [1.165, 1.54) is 0 Å². The third-order valence-electron chi connectivity index (χ3n) is 3.01. The lowest BCUT2D eigenvalue weighted by molar-refractivity contribution is 0.123. The molecule has 0 aliphatic rings. The van der Waals surface area contributed by atoms with Crippen molar-refractivity contribution in [3.8, 4) is 0 Å². The number of rotatable bonds is 7. The monoisotopic (exact) mass is 334 g/mol. The molecule has 2 rings (SSSR count). The smallest absolute Gasteiger partial charge is 0.315 e. The lowest BCUT2D eigenvalue weighted by atomic mass is 10.2. The first-order chi connectivity index (χ1) is 11.1. The summed E-state index contributed by atoms with van der Waals surface area (Å²) in [6.45, 7) is 3.41. The highest BCUT2D eigenvalue weighted by atomic mass is 35.5. The zero-order valence-corrected chi connectivity index (χ0v) is 13.6. The van der Waals surface area contributed by atoms with Crippen molar-refractivity contribution >= 4 is 17.6 Å². The topological polar surface area (TPSA) is 76.1 Å². The van der Waals surface area contributed by atoms with E-state index < -0.39 is 0 Å². The standard InChI is InChI=1S/C16H19ClN4O2/c1-12-18-7-6-14(21-12)10-20-16(22)19-8-9-23-11-13-4-2-3-5-15(13)17/h2-7H,8-11H2,1H3,(H2,19,20,22). The van der Waals surface area contributed by atoms with Crippen LogP contribution in [0.4, 0.5) is 4.79 Å². The molecule has 2 N–H and O–H groups in total. The number of amides is 2. The number of halogens is 1. The molecule has 0 aliphatic heterocycles. The molecule has 0 saturated heterocycles. The molecule has 0 saturated carbocycles. The van der Waals surface area contributed by atoms with E-state index in [9.17, 15) is 4.79 Å². The van der Waals surface area contributed by atoms with Gasteiger partial charge in [0.15, 0.2) is 0 Å². The third-order valence-corrected chi connectivity index (χ3v) is 3.38. The minimum Gasteiger partial charge on any atom is -0.375 e. The number of ether oxygens (including phenoxy) is 1. The summed E-state index contributed by atoms with van der Waals surface area (Å²) < 4.78 is 5.48. The zero-order valence-electron chi connectivity index (χ0n) is 12.9. The minimum atomic E-state index is -0.261. The molecule has 0 fully saturated rings. The Balaban J connectivity index is 1.59. The summed E-state index contributed by atoms with van der Waals surface area (Å²) in [5.74, 6) is 0.678. The molecule has 0 atom stereocenters. The van der Waals surface area contributed by atoms with E-state index in [0.29, 0.717) is 37.2 Å². The first-order valence-corrected chi connectivity index (χ1v) is 7.64. The molecule has 2 aromatic rings. The average molecular weight is 335 g/mol. The Bertz CT molecular complexity index is 651. The second-order valence-electron chi connectivity index (χ2n) is 4.85. The largest absolute Gasteiger partial charge is 0.375 e.